The Morgan fingerprint density at radius 3 is 2.19 bits per heavy atom. The molecule has 0 radical (unpaired) electrons. The summed E-state index contributed by atoms with van der Waals surface area (Å²) in [7, 11) is 2.94. The van der Waals surface area contributed by atoms with Crippen LogP contribution in [0.25, 0.3) is 0 Å². The number of hydrogen-bond donors (Lipinski definition) is 0. The predicted molar refractivity (Wildman–Crippen MR) is 97.2 cm³/mol. The lowest BCUT2D eigenvalue weighted by atomic mass is 10.1. The van der Waals surface area contributed by atoms with Crippen molar-refractivity contribution >= 4 is 17.7 Å². The van der Waals surface area contributed by atoms with Crippen molar-refractivity contribution in [3.63, 3.8) is 0 Å². The predicted octanol–water partition coefficient (Wildman–Crippen LogP) is 4.61. The van der Waals surface area contributed by atoms with Gasteiger partial charge in [-0.2, -0.15) is 13.2 Å². The van der Waals surface area contributed by atoms with Crippen molar-refractivity contribution < 1.29 is 27.4 Å². The minimum Gasteiger partial charge on any atom is -0.496 e. The molecule has 0 bridgehead atoms. The van der Waals surface area contributed by atoms with Crippen LogP contribution in [-0.4, -0.2) is 37.3 Å². The van der Waals surface area contributed by atoms with Gasteiger partial charge in [-0.1, -0.05) is 18.2 Å². The first-order chi connectivity index (χ1) is 12.9. The Morgan fingerprint density at radius 1 is 1.07 bits per heavy atom. The molecule has 0 spiro atoms. The molecule has 2 aromatic carbocycles. The number of amides is 1. The number of methoxy groups -OCH3 is 2. The second-order valence-electron chi connectivity index (χ2n) is 5.88. The first kappa shape index (κ1) is 19.4. The monoisotopic (exact) mass is 397 g/mol. The summed E-state index contributed by atoms with van der Waals surface area (Å²) in [5, 5.41) is -0.366. The van der Waals surface area contributed by atoms with E-state index in [9.17, 15) is 18.0 Å². The molecule has 1 aliphatic heterocycles. The highest BCUT2D eigenvalue weighted by atomic mass is 32.2. The smallest absolute Gasteiger partial charge is 0.416 e. The van der Waals surface area contributed by atoms with E-state index in [0.717, 1.165) is 12.1 Å². The average molecular weight is 397 g/mol. The van der Waals surface area contributed by atoms with Gasteiger partial charge in [-0.15, -0.1) is 11.8 Å². The molecule has 2 aromatic rings. The molecule has 8 heteroatoms. The number of halogens is 3. The van der Waals surface area contributed by atoms with Crippen molar-refractivity contribution in [3.05, 3.63) is 59.2 Å². The van der Waals surface area contributed by atoms with Gasteiger partial charge in [0.15, 0.2) is 0 Å². The Labute approximate surface area is 159 Å². The number of hydrogen-bond acceptors (Lipinski definition) is 4. The van der Waals surface area contributed by atoms with Crippen LogP contribution in [0.4, 0.5) is 13.2 Å². The van der Waals surface area contributed by atoms with Crippen LogP contribution in [0.15, 0.2) is 42.5 Å². The second kappa shape index (κ2) is 7.72. The number of carbonyl (C=O) groups excluding carboxylic acids is 1. The summed E-state index contributed by atoms with van der Waals surface area (Å²) in [6.45, 7) is 0.483. The van der Waals surface area contributed by atoms with Crippen LogP contribution in [0.3, 0.4) is 0 Å². The zero-order valence-electron chi connectivity index (χ0n) is 14.7. The fourth-order valence-corrected chi connectivity index (χ4v) is 4.25. The summed E-state index contributed by atoms with van der Waals surface area (Å²) >= 11 is 1.51. The number of thioether (sulfide) groups is 1. The third-order valence-electron chi connectivity index (χ3n) is 4.32. The molecule has 4 nitrogen and oxygen atoms in total. The van der Waals surface area contributed by atoms with Crippen molar-refractivity contribution in [1.82, 2.24) is 4.90 Å². The van der Waals surface area contributed by atoms with Gasteiger partial charge in [-0.25, -0.2) is 0 Å². The van der Waals surface area contributed by atoms with E-state index in [1.807, 2.05) is 0 Å². The van der Waals surface area contributed by atoms with E-state index in [1.165, 1.54) is 38.1 Å². The van der Waals surface area contributed by atoms with Gasteiger partial charge in [-0.05, 0) is 29.8 Å². The molecule has 1 atom stereocenters. The highest BCUT2D eigenvalue weighted by Crippen LogP contribution is 2.41. The van der Waals surface area contributed by atoms with Crippen LogP contribution >= 0.6 is 11.8 Å². The fourth-order valence-electron chi connectivity index (χ4n) is 3.00. The Kier molecular flexibility index (Phi) is 5.55. The Morgan fingerprint density at radius 2 is 1.67 bits per heavy atom. The number of rotatable bonds is 4. The molecule has 1 saturated heterocycles. The van der Waals surface area contributed by atoms with E-state index < -0.39 is 11.7 Å². The summed E-state index contributed by atoms with van der Waals surface area (Å²) in [6, 6.07) is 10.00. The lowest BCUT2D eigenvalue weighted by Crippen LogP contribution is -2.31. The SMILES string of the molecule is COc1cccc(OC)c1C(=O)N1CCS[C@@H]1c1ccc(C(F)(F)F)cc1. The van der Waals surface area contributed by atoms with E-state index in [4.69, 9.17) is 9.47 Å². The zero-order valence-corrected chi connectivity index (χ0v) is 15.6. The van der Waals surface area contributed by atoms with E-state index in [1.54, 1.807) is 23.1 Å². The maximum Gasteiger partial charge on any atom is 0.416 e. The minimum atomic E-state index is -4.39. The van der Waals surface area contributed by atoms with Crippen LogP contribution in [0.2, 0.25) is 0 Å². The van der Waals surface area contributed by atoms with Crippen molar-refractivity contribution in [2.75, 3.05) is 26.5 Å². The summed E-state index contributed by atoms with van der Waals surface area (Å²) in [5.41, 5.74) is 0.244. The maximum absolute atomic E-state index is 13.2. The highest BCUT2D eigenvalue weighted by molar-refractivity contribution is 7.99. The normalized spacial score (nSPS) is 17.1. The molecular weight excluding hydrogens is 379 g/mol. The molecule has 144 valence electrons. The first-order valence-electron chi connectivity index (χ1n) is 8.17. The largest absolute Gasteiger partial charge is 0.496 e. The maximum atomic E-state index is 13.2. The van der Waals surface area contributed by atoms with Crippen molar-refractivity contribution in [3.8, 4) is 11.5 Å². The molecule has 0 unspecified atom stereocenters. The molecule has 1 aliphatic rings. The Bertz CT molecular complexity index is 802. The topological polar surface area (TPSA) is 38.8 Å². The lowest BCUT2D eigenvalue weighted by molar-refractivity contribution is -0.137. The van der Waals surface area contributed by atoms with Gasteiger partial charge in [0.2, 0.25) is 0 Å². The van der Waals surface area contributed by atoms with Gasteiger partial charge in [0.25, 0.3) is 5.91 Å². The second-order valence-corrected chi connectivity index (χ2v) is 7.07. The zero-order chi connectivity index (χ0) is 19.6. The number of nitrogens with zero attached hydrogens (tertiary/aromatic N) is 1. The summed E-state index contributed by atoms with van der Waals surface area (Å²) in [4.78, 5) is 14.8. The number of alkyl halides is 3. The molecule has 0 aliphatic carbocycles. The molecule has 1 fully saturated rings. The molecule has 0 aromatic heterocycles. The average Bonchev–Trinajstić information content (AvgIpc) is 3.16. The van der Waals surface area contributed by atoms with E-state index in [0.29, 0.717) is 34.9 Å². The standard InChI is InChI=1S/C19H18F3NO3S/c1-25-14-4-3-5-15(26-2)16(14)17(24)23-10-11-27-18(23)12-6-8-13(9-7-12)19(20,21)22/h3-9,18H,10-11H2,1-2H3/t18-/m1/s1. The number of carbonyl (C=O) groups is 1. The highest BCUT2D eigenvalue weighted by Gasteiger charge is 2.35. The molecule has 3 rings (SSSR count). The van der Waals surface area contributed by atoms with E-state index in [2.05, 4.69) is 0 Å². The van der Waals surface area contributed by atoms with Gasteiger partial charge in [0, 0.05) is 12.3 Å². The lowest BCUT2D eigenvalue weighted by Gasteiger charge is -2.26. The Balaban J connectivity index is 1.92. The van der Waals surface area contributed by atoms with Crippen LogP contribution in [-0.2, 0) is 6.18 Å². The Hall–Kier alpha value is -2.35. The van der Waals surface area contributed by atoms with Crippen LogP contribution in [0, 0.1) is 0 Å². The van der Waals surface area contributed by atoms with Crippen LogP contribution in [0.1, 0.15) is 26.9 Å². The number of ether oxygens (including phenoxy) is 2. The van der Waals surface area contributed by atoms with Crippen molar-refractivity contribution in [2.45, 2.75) is 11.6 Å². The third kappa shape index (κ3) is 3.85. The molecule has 0 saturated carbocycles. The van der Waals surface area contributed by atoms with Crippen molar-refractivity contribution in [1.29, 1.82) is 0 Å². The minimum absolute atomic E-state index is 0.279. The van der Waals surface area contributed by atoms with Gasteiger partial charge < -0.3 is 14.4 Å². The van der Waals surface area contributed by atoms with Gasteiger partial charge in [0.1, 0.15) is 22.4 Å². The molecular formula is C19H18F3NO3S. The van der Waals surface area contributed by atoms with Gasteiger partial charge in [0.05, 0.1) is 19.8 Å². The van der Waals surface area contributed by atoms with Gasteiger partial charge >= 0.3 is 6.18 Å². The summed E-state index contributed by atoms with van der Waals surface area (Å²) in [5.74, 6) is 1.19. The quantitative estimate of drug-likeness (QED) is 0.755. The molecule has 1 amide bonds. The van der Waals surface area contributed by atoms with E-state index in [-0.39, 0.29) is 11.3 Å². The van der Waals surface area contributed by atoms with Crippen LogP contribution in [0.5, 0.6) is 11.5 Å². The fraction of sp³-hybridized carbons (Fsp3) is 0.316. The van der Waals surface area contributed by atoms with Crippen LogP contribution < -0.4 is 9.47 Å². The van der Waals surface area contributed by atoms with Gasteiger partial charge in [-0.3, -0.25) is 4.79 Å². The molecule has 1 heterocycles. The summed E-state index contributed by atoms with van der Waals surface area (Å²) < 4.78 is 49.0. The van der Waals surface area contributed by atoms with E-state index >= 15 is 0 Å². The molecule has 27 heavy (non-hydrogen) atoms. The number of benzene rings is 2. The third-order valence-corrected chi connectivity index (χ3v) is 5.58. The first-order valence-corrected chi connectivity index (χ1v) is 9.22. The summed E-state index contributed by atoms with van der Waals surface area (Å²) in [6.07, 6.45) is -4.39. The van der Waals surface area contributed by atoms with Crippen molar-refractivity contribution in [2.24, 2.45) is 0 Å². The molecule has 0 N–H and O–H groups in total.